The van der Waals surface area contributed by atoms with Gasteiger partial charge in [-0.2, -0.15) is 4.98 Å². The quantitative estimate of drug-likeness (QED) is 0.599. The monoisotopic (exact) mass is 330 g/mol. The van der Waals surface area contributed by atoms with Gasteiger partial charge in [0.25, 0.3) is 0 Å². The van der Waals surface area contributed by atoms with Gasteiger partial charge in [0.05, 0.1) is 11.0 Å². The van der Waals surface area contributed by atoms with Crippen LogP contribution in [0.3, 0.4) is 0 Å². The number of hydrogen-bond acceptors (Lipinski definition) is 5. The molecule has 0 spiro atoms. The third kappa shape index (κ3) is 2.90. The normalized spacial score (nSPS) is 10.7. The van der Waals surface area contributed by atoms with Gasteiger partial charge in [0.1, 0.15) is 12.1 Å². The zero-order valence-electron chi connectivity index (χ0n) is 13.1. The Kier molecular flexibility index (Phi) is 3.59. The maximum atomic E-state index is 11.1. The summed E-state index contributed by atoms with van der Waals surface area (Å²) in [4.78, 5) is 24.3. The van der Waals surface area contributed by atoms with E-state index in [-0.39, 0.29) is 0 Å². The van der Waals surface area contributed by atoms with Crippen LogP contribution in [-0.2, 0) is 0 Å². The highest BCUT2D eigenvalue weighted by molar-refractivity contribution is 5.93. The van der Waals surface area contributed by atoms with Gasteiger partial charge in [0.15, 0.2) is 0 Å². The first kappa shape index (κ1) is 14.8. The van der Waals surface area contributed by atoms with Crippen LogP contribution in [0.5, 0.6) is 0 Å². The summed E-state index contributed by atoms with van der Waals surface area (Å²) in [5, 5.41) is 3.11. The summed E-state index contributed by atoms with van der Waals surface area (Å²) in [6.45, 7) is 0. The zero-order chi connectivity index (χ0) is 17.2. The molecular formula is C18H14N6O. The number of para-hydroxylation sites is 2. The van der Waals surface area contributed by atoms with Crippen molar-refractivity contribution in [1.29, 1.82) is 0 Å². The maximum Gasteiger partial charge on any atom is 0.248 e. The molecule has 2 aromatic carbocycles. The van der Waals surface area contributed by atoms with Gasteiger partial charge in [-0.1, -0.05) is 12.1 Å². The molecule has 7 heteroatoms. The molecule has 0 fully saturated rings. The molecule has 0 saturated heterocycles. The van der Waals surface area contributed by atoms with Crippen molar-refractivity contribution < 1.29 is 4.79 Å². The van der Waals surface area contributed by atoms with Crippen LogP contribution in [0, 0.1) is 0 Å². The standard InChI is InChI=1S/C18H14N6O/c19-17(25)12-5-7-13(8-6-12)22-18-20-10-9-16(23-18)24-11-21-14-3-1-2-4-15(14)24/h1-11H,(H2,19,25)(H,20,22,23). The highest BCUT2D eigenvalue weighted by atomic mass is 16.1. The summed E-state index contributed by atoms with van der Waals surface area (Å²) in [5.74, 6) is 0.693. The van der Waals surface area contributed by atoms with Crippen molar-refractivity contribution in [3.63, 3.8) is 0 Å². The number of nitrogens with one attached hydrogen (secondary N) is 1. The van der Waals surface area contributed by atoms with Gasteiger partial charge in [-0.25, -0.2) is 9.97 Å². The summed E-state index contributed by atoms with van der Waals surface area (Å²) >= 11 is 0. The number of carbonyl (C=O) groups is 1. The number of aromatic nitrogens is 4. The van der Waals surface area contributed by atoms with Crippen LogP contribution in [-0.4, -0.2) is 25.4 Å². The van der Waals surface area contributed by atoms with Crippen LogP contribution < -0.4 is 11.1 Å². The molecule has 0 unspecified atom stereocenters. The molecule has 0 atom stereocenters. The van der Waals surface area contributed by atoms with E-state index < -0.39 is 5.91 Å². The van der Waals surface area contributed by atoms with Crippen molar-refractivity contribution in [3.05, 3.63) is 72.7 Å². The molecule has 25 heavy (non-hydrogen) atoms. The summed E-state index contributed by atoms with van der Waals surface area (Å²) in [7, 11) is 0. The van der Waals surface area contributed by atoms with E-state index in [1.54, 1.807) is 36.8 Å². The minimum Gasteiger partial charge on any atom is -0.366 e. The molecule has 0 aliphatic rings. The van der Waals surface area contributed by atoms with E-state index >= 15 is 0 Å². The number of imidazole rings is 1. The van der Waals surface area contributed by atoms with E-state index in [9.17, 15) is 4.79 Å². The van der Waals surface area contributed by atoms with Gasteiger partial charge in [-0.15, -0.1) is 0 Å². The minimum absolute atomic E-state index is 0.446. The predicted octanol–water partition coefficient (Wildman–Crippen LogP) is 2.66. The largest absolute Gasteiger partial charge is 0.366 e. The second kappa shape index (κ2) is 6.04. The topological polar surface area (TPSA) is 98.7 Å². The number of rotatable bonds is 4. The molecular weight excluding hydrogens is 316 g/mol. The second-order valence-corrected chi connectivity index (χ2v) is 5.41. The average Bonchev–Trinajstić information content (AvgIpc) is 3.06. The van der Waals surface area contributed by atoms with Crippen molar-refractivity contribution in [2.45, 2.75) is 0 Å². The second-order valence-electron chi connectivity index (χ2n) is 5.41. The fourth-order valence-electron chi connectivity index (χ4n) is 2.53. The molecule has 0 bridgehead atoms. The van der Waals surface area contributed by atoms with Crippen molar-refractivity contribution in [2.24, 2.45) is 5.73 Å². The molecule has 122 valence electrons. The SMILES string of the molecule is NC(=O)c1ccc(Nc2nccc(-n3cnc4ccccc43)n2)cc1. The summed E-state index contributed by atoms with van der Waals surface area (Å²) < 4.78 is 1.90. The number of nitrogens with zero attached hydrogens (tertiary/aromatic N) is 4. The van der Waals surface area contributed by atoms with Gasteiger partial charge in [0, 0.05) is 17.4 Å². The van der Waals surface area contributed by atoms with Crippen LogP contribution in [0.25, 0.3) is 16.9 Å². The van der Waals surface area contributed by atoms with E-state index in [0.29, 0.717) is 17.3 Å². The Morgan fingerprint density at radius 2 is 1.80 bits per heavy atom. The van der Waals surface area contributed by atoms with E-state index in [4.69, 9.17) is 5.73 Å². The van der Waals surface area contributed by atoms with E-state index in [0.717, 1.165) is 16.7 Å². The number of benzene rings is 2. The van der Waals surface area contributed by atoms with Crippen LogP contribution in [0.1, 0.15) is 10.4 Å². The fourth-order valence-corrected chi connectivity index (χ4v) is 2.53. The van der Waals surface area contributed by atoms with Crippen LogP contribution >= 0.6 is 0 Å². The van der Waals surface area contributed by atoms with Crippen molar-refractivity contribution in [2.75, 3.05) is 5.32 Å². The maximum absolute atomic E-state index is 11.1. The Hall–Kier alpha value is -3.74. The van der Waals surface area contributed by atoms with Gasteiger partial charge >= 0.3 is 0 Å². The molecule has 4 aromatic rings. The Bertz CT molecular complexity index is 1050. The third-order valence-electron chi connectivity index (χ3n) is 3.77. The van der Waals surface area contributed by atoms with Crippen molar-refractivity contribution in [1.82, 2.24) is 19.5 Å². The fraction of sp³-hybridized carbons (Fsp3) is 0. The molecule has 4 rings (SSSR count). The lowest BCUT2D eigenvalue weighted by atomic mass is 10.2. The molecule has 0 saturated carbocycles. The first-order valence-corrected chi connectivity index (χ1v) is 7.63. The molecule has 0 radical (unpaired) electrons. The number of amides is 1. The predicted molar refractivity (Wildman–Crippen MR) is 94.9 cm³/mol. The summed E-state index contributed by atoms with van der Waals surface area (Å²) in [6.07, 6.45) is 3.41. The molecule has 7 nitrogen and oxygen atoms in total. The number of nitrogens with two attached hydrogens (primary N) is 1. The van der Waals surface area contributed by atoms with E-state index in [2.05, 4.69) is 20.3 Å². The number of carbonyl (C=O) groups excluding carboxylic acids is 1. The van der Waals surface area contributed by atoms with Crippen molar-refractivity contribution >= 4 is 28.6 Å². The molecule has 0 aliphatic heterocycles. The lowest BCUT2D eigenvalue weighted by Crippen LogP contribution is -2.10. The van der Waals surface area contributed by atoms with Crippen molar-refractivity contribution in [3.8, 4) is 5.82 Å². The molecule has 2 heterocycles. The summed E-state index contributed by atoms with van der Waals surface area (Å²) in [6, 6.07) is 16.5. The summed E-state index contributed by atoms with van der Waals surface area (Å²) in [5.41, 5.74) is 8.32. The average molecular weight is 330 g/mol. The Morgan fingerprint density at radius 3 is 2.60 bits per heavy atom. The molecule has 2 aromatic heterocycles. The molecule has 1 amide bonds. The van der Waals surface area contributed by atoms with Gasteiger partial charge in [-0.05, 0) is 42.5 Å². The lowest BCUT2D eigenvalue weighted by molar-refractivity contribution is 0.100. The highest BCUT2D eigenvalue weighted by Crippen LogP contribution is 2.18. The Morgan fingerprint density at radius 1 is 1.00 bits per heavy atom. The number of hydrogen-bond donors (Lipinski definition) is 2. The zero-order valence-corrected chi connectivity index (χ0v) is 13.1. The highest BCUT2D eigenvalue weighted by Gasteiger charge is 2.07. The number of primary amides is 1. The smallest absolute Gasteiger partial charge is 0.248 e. The van der Waals surface area contributed by atoms with Gasteiger partial charge in [-0.3, -0.25) is 9.36 Å². The Balaban J connectivity index is 1.64. The minimum atomic E-state index is -0.461. The van der Waals surface area contributed by atoms with Gasteiger partial charge in [0.2, 0.25) is 11.9 Å². The first-order valence-electron chi connectivity index (χ1n) is 7.63. The van der Waals surface area contributed by atoms with Crippen LogP contribution in [0.4, 0.5) is 11.6 Å². The van der Waals surface area contributed by atoms with Crippen LogP contribution in [0.2, 0.25) is 0 Å². The molecule has 3 N–H and O–H groups in total. The lowest BCUT2D eigenvalue weighted by Gasteiger charge is -2.08. The first-order chi connectivity index (χ1) is 12.2. The van der Waals surface area contributed by atoms with Crippen LogP contribution in [0.15, 0.2) is 67.1 Å². The molecule has 0 aliphatic carbocycles. The Labute approximate surface area is 143 Å². The number of fused-ring (bicyclic) bond motifs is 1. The van der Waals surface area contributed by atoms with Gasteiger partial charge < -0.3 is 11.1 Å². The number of anilines is 2. The van der Waals surface area contributed by atoms with E-state index in [1.165, 1.54) is 0 Å². The third-order valence-corrected chi connectivity index (χ3v) is 3.77. The van der Waals surface area contributed by atoms with E-state index in [1.807, 2.05) is 34.9 Å².